The number of benzene rings is 1. The first-order chi connectivity index (χ1) is 9.69. The van der Waals surface area contributed by atoms with E-state index < -0.39 is 0 Å². The highest BCUT2D eigenvalue weighted by molar-refractivity contribution is 5.94. The molecule has 4 heteroatoms. The van der Waals surface area contributed by atoms with Crippen molar-refractivity contribution in [2.45, 2.75) is 32.9 Å². The first kappa shape index (κ1) is 15.0. The molecule has 0 radical (unpaired) electrons. The quantitative estimate of drug-likeness (QED) is 0.895. The Kier molecular flexibility index (Phi) is 5.56. The molecule has 1 fully saturated rings. The fraction of sp³-hybridized carbons (Fsp3) is 0.562. The minimum absolute atomic E-state index is 0.0168. The molecule has 1 saturated heterocycles. The maximum atomic E-state index is 12.1. The Morgan fingerprint density at radius 3 is 2.85 bits per heavy atom. The summed E-state index contributed by atoms with van der Waals surface area (Å²) in [5, 5.41) is 3.00. The monoisotopic (exact) mass is 276 g/mol. The van der Waals surface area contributed by atoms with E-state index in [1.165, 1.54) is 5.56 Å². The molecule has 110 valence electrons. The second kappa shape index (κ2) is 7.41. The van der Waals surface area contributed by atoms with Gasteiger partial charge in [0.2, 0.25) is 0 Å². The van der Waals surface area contributed by atoms with Gasteiger partial charge in [-0.25, -0.2) is 0 Å². The second-order valence-electron chi connectivity index (χ2n) is 5.37. The topological polar surface area (TPSA) is 41.6 Å². The van der Waals surface area contributed by atoms with Crippen LogP contribution in [0.3, 0.4) is 0 Å². The molecule has 1 aliphatic heterocycles. The molecular formula is C16H24N2O2. The van der Waals surface area contributed by atoms with Crippen LogP contribution in [0.4, 0.5) is 0 Å². The highest BCUT2D eigenvalue weighted by Crippen LogP contribution is 2.10. The van der Waals surface area contributed by atoms with Crippen molar-refractivity contribution in [1.82, 2.24) is 10.2 Å². The number of morpholine rings is 1. The molecule has 4 nitrogen and oxygen atoms in total. The van der Waals surface area contributed by atoms with Crippen molar-refractivity contribution in [3.05, 3.63) is 35.4 Å². The van der Waals surface area contributed by atoms with Crippen molar-refractivity contribution in [3.63, 3.8) is 0 Å². The van der Waals surface area contributed by atoms with E-state index in [9.17, 15) is 4.79 Å². The van der Waals surface area contributed by atoms with Crippen molar-refractivity contribution in [2.24, 2.45) is 0 Å². The van der Waals surface area contributed by atoms with Crippen LogP contribution in [0, 0.1) is 0 Å². The Bertz CT molecular complexity index is 442. The zero-order chi connectivity index (χ0) is 14.4. The van der Waals surface area contributed by atoms with Gasteiger partial charge in [-0.05, 0) is 31.0 Å². The molecular weight excluding hydrogens is 252 g/mol. The highest BCUT2D eigenvalue weighted by atomic mass is 16.5. The SMILES string of the molecule is CC[C@H](C)NC(=O)c1cccc(CN2CCOCC2)c1. The molecule has 1 aliphatic rings. The van der Waals surface area contributed by atoms with Gasteiger partial charge in [0.1, 0.15) is 0 Å². The molecule has 0 aromatic heterocycles. The van der Waals surface area contributed by atoms with E-state index in [1.807, 2.05) is 25.1 Å². The largest absolute Gasteiger partial charge is 0.379 e. The minimum atomic E-state index is 0.0168. The van der Waals surface area contributed by atoms with Gasteiger partial charge < -0.3 is 10.1 Å². The molecule has 2 rings (SSSR count). The lowest BCUT2D eigenvalue weighted by Crippen LogP contribution is -2.35. The number of nitrogens with one attached hydrogen (secondary N) is 1. The van der Waals surface area contributed by atoms with E-state index in [0.717, 1.165) is 44.8 Å². The summed E-state index contributed by atoms with van der Waals surface area (Å²) in [7, 11) is 0. The number of nitrogens with zero attached hydrogens (tertiary/aromatic N) is 1. The average Bonchev–Trinajstić information content (AvgIpc) is 2.48. The van der Waals surface area contributed by atoms with Crippen molar-refractivity contribution in [1.29, 1.82) is 0 Å². The number of carbonyl (C=O) groups is 1. The maximum absolute atomic E-state index is 12.1. The minimum Gasteiger partial charge on any atom is -0.379 e. The van der Waals surface area contributed by atoms with Gasteiger partial charge in [0.25, 0.3) is 5.91 Å². The molecule has 1 atom stereocenters. The Labute approximate surface area is 121 Å². The second-order valence-corrected chi connectivity index (χ2v) is 5.37. The fourth-order valence-corrected chi connectivity index (χ4v) is 2.24. The lowest BCUT2D eigenvalue weighted by atomic mass is 10.1. The Morgan fingerprint density at radius 2 is 2.15 bits per heavy atom. The van der Waals surface area contributed by atoms with E-state index >= 15 is 0 Å². The molecule has 20 heavy (non-hydrogen) atoms. The lowest BCUT2D eigenvalue weighted by Gasteiger charge is -2.26. The first-order valence-corrected chi connectivity index (χ1v) is 7.39. The molecule has 0 saturated carbocycles. The van der Waals surface area contributed by atoms with Gasteiger partial charge in [0.05, 0.1) is 13.2 Å². The van der Waals surface area contributed by atoms with Crippen LogP contribution in [0.25, 0.3) is 0 Å². The molecule has 0 aliphatic carbocycles. The van der Waals surface area contributed by atoms with Crippen LogP contribution in [-0.4, -0.2) is 43.2 Å². The molecule has 0 bridgehead atoms. The molecule has 1 heterocycles. The highest BCUT2D eigenvalue weighted by Gasteiger charge is 2.12. The number of rotatable bonds is 5. The van der Waals surface area contributed by atoms with Crippen molar-refractivity contribution in [2.75, 3.05) is 26.3 Å². The molecule has 1 aromatic carbocycles. The van der Waals surface area contributed by atoms with E-state index in [-0.39, 0.29) is 11.9 Å². The summed E-state index contributed by atoms with van der Waals surface area (Å²) in [6, 6.07) is 8.12. The Morgan fingerprint density at radius 1 is 1.40 bits per heavy atom. The third-order valence-electron chi connectivity index (χ3n) is 3.69. The fourth-order valence-electron chi connectivity index (χ4n) is 2.24. The van der Waals surface area contributed by atoms with E-state index in [4.69, 9.17) is 4.74 Å². The number of amides is 1. The normalized spacial score (nSPS) is 17.7. The lowest BCUT2D eigenvalue weighted by molar-refractivity contribution is 0.0342. The zero-order valence-electron chi connectivity index (χ0n) is 12.4. The van der Waals surface area contributed by atoms with Gasteiger partial charge in [-0.3, -0.25) is 9.69 Å². The predicted octanol–water partition coefficient (Wildman–Crippen LogP) is 2.05. The third-order valence-corrected chi connectivity index (χ3v) is 3.69. The van der Waals surface area contributed by atoms with Gasteiger partial charge in [0, 0.05) is 31.2 Å². The zero-order valence-corrected chi connectivity index (χ0v) is 12.4. The molecule has 0 unspecified atom stereocenters. The van der Waals surface area contributed by atoms with Crippen molar-refractivity contribution < 1.29 is 9.53 Å². The van der Waals surface area contributed by atoms with Crippen LogP contribution < -0.4 is 5.32 Å². The first-order valence-electron chi connectivity index (χ1n) is 7.39. The molecule has 1 amide bonds. The van der Waals surface area contributed by atoms with Crippen LogP contribution in [0.2, 0.25) is 0 Å². The van der Waals surface area contributed by atoms with Crippen LogP contribution in [0.15, 0.2) is 24.3 Å². The van der Waals surface area contributed by atoms with E-state index in [2.05, 4.69) is 23.2 Å². The number of ether oxygens (including phenoxy) is 1. The molecule has 0 spiro atoms. The van der Waals surface area contributed by atoms with Crippen molar-refractivity contribution >= 4 is 5.91 Å². The molecule has 1 N–H and O–H groups in total. The summed E-state index contributed by atoms with van der Waals surface area (Å²) in [6.45, 7) is 8.50. The summed E-state index contributed by atoms with van der Waals surface area (Å²) < 4.78 is 5.35. The average molecular weight is 276 g/mol. The predicted molar refractivity (Wildman–Crippen MR) is 79.8 cm³/mol. The summed E-state index contributed by atoms with van der Waals surface area (Å²) in [4.78, 5) is 14.5. The van der Waals surface area contributed by atoms with Gasteiger partial charge in [-0.2, -0.15) is 0 Å². The summed E-state index contributed by atoms with van der Waals surface area (Å²) in [5.41, 5.74) is 1.93. The van der Waals surface area contributed by atoms with Crippen LogP contribution >= 0.6 is 0 Å². The Hall–Kier alpha value is -1.39. The number of hydrogen-bond donors (Lipinski definition) is 1. The van der Waals surface area contributed by atoms with Crippen LogP contribution in [0.1, 0.15) is 36.2 Å². The summed E-state index contributed by atoms with van der Waals surface area (Å²) >= 11 is 0. The summed E-state index contributed by atoms with van der Waals surface area (Å²) in [5.74, 6) is 0.0168. The van der Waals surface area contributed by atoms with Crippen LogP contribution in [0.5, 0.6) is 0 Å². The van der Waals surface area contributed by atoms with Gasteiger partial charge >= 0.3 is 0 Å². The van der Waals surface area contributed by atoms with E-state index in [0.29, 0.717) is 0 Å². The third kappa shape index (κ3) is 4.32. The van der Waals surface area contributed by atoms with Gasteiger partial charge in [-0.15, -0.1) is 0 Å². The standard InChI is InChI=1S/C16H24N2O2/c1-3-13(2)17-16(19)15-6-4-5-14(11-15)12-18-7-9-20-10-8-18/h4-6,11,13H,3,7-10,12H2,1-2H3,(H,17,19)/t13-/m0/s1. The van der Waals surface area contributed by atoms with Crippen molar-refractivity contribution in [3.8, 4) is 0 Å². The smallest absolute Gasteiger partial charge is 0.251 e. The Balaban J connectivity index is 1.97. The van der Waals surface area contributed by atoms with E-state index in [1.54, 1.807) is 0 Å². The molecule has 1 aromatic rings. The number of hydrogen-bond acceptors (Lipinski definition) is 3. The number of carbonyl (C=O) groups excluding carboxylic acids is 1. The maximum Gasteiger partial charge on any atom is 0.251 e. The van der Waals surface area contributed by atoms with Gasteiger partial charge in [0.15, 0.2) is 0 Å². The van der Waals surface area contributed by atoms with Crippen LogP contribution in [-0.2, 0) is 11.3 Å². The summed E-state index contributed by atoms with van der Waals surface area (Å²) in [6.07, 6.45) is 0.944. The van der Waals surface area contributed by atoms with Gasteiger partial charge in [-0.1, -0.05) is 19.1 Å².